The van der Waals surface area contributed by atoms with Crippen LogP contribution in [0.25, 0.3) is 0 Å². The molecule has 0 spiro atoms. The third-order valence-electron chi connectivity index (χ3n) is 3.92. The summed E-state index contributed by atoms with van der Waals surface area (Å²) in [5.74, 6) is -1.88. The van der Waals surface area contributed by atoms with E-state index < -0.39 is 41.5 Å². The summed E-state index contributed by atoms with van der Waals surface area (Å²) in [6.45, 7) is 6.87. The number of hydrogen-bond donors (Lipinski definition) is 1. The fourth-order valence-electron chi connectivity index (χ4n) is 2.94. The Morgan fingerprint density at radius 2 is 1.96 bits per heavy atom. The number of halogens is 2. The second-order valence-electron chi connectivity index (χ2n) is 6.96. The number of ether oxygens (including phenoxy) is 1. The highest BCUT2D eigenvalue weighted by molar-refractivity contribution is 5.70. The molecule has 2 rings (SSSR count). The summed E-state index contributed by atoms with van der Waals surface area (Å²) in [4.78, 5) is 14.0. The van der Waals surface area contributed by atoms with E-state index in [4.69, 9.17) is 4.74 Å². The molecule has 1 aliphatic heterocycles. The molecular weight excluding hydrogens is 304 g/mol. The lowest BCUT2D eigenvalue weighted by molar-refractivity contribution is -0.00168. The number of aliphatic hydroxyl groups is 1. The summed E-state index contributed by atoms with van der Waals surface area (Å²) < 4.78 is 32.1. The predicted octanol–water partition coefficient (Wildman–Crippen LogP) is 3.79. The Kier molecular flexibility index (Phi) is 4.94. The van der Waals surface area contributed by atoms with Crippen LogP contribution in [0.1, 0.15) is 52.1 Å². The van der Waals surface area contributed by atoms with Crippen molar-refractivity contribution in [2.75, 3.05) is 0 Å². The molecule has 6 heteroatoms. The van der Waals surface area contributed by atoms with Gasteiger partial charge in [0.2, 0.25) is 0 Å². The summed E-state index contributed by atoms with van der Waals surface area (Å²) in [7, 11) is 0. The van der Waals surface area contributed by atoms with Crippen LogP contribution in [-0.4, -0.2) is 33.8 Å². The predicted molar refractivity (Wildman–Crippen MR) is 81.9 cm³/mol. The van der Waals surface area contributed by atoms with E-state index in [-0.39, 0.29) is 0 Å². The summed E-state index contributed by atoms with van der Waals surface area (Å²) in [6.07, 6.45) is -0.172. The van der Waals surface area contributed by atoms with Crippen LogP contribution in [0.2, 0.25) is 0 Å². The van der Waals surface area contributed by atoms with Gasteiger partial charge in [-0.3, -0.25) is 4.90 Å². The van der Waals surface area contributed by atoms with E-state index in [2.05, 4.69) is 0 Å². The smallest absolute Gasteiger partial charge is 0.411 e. The van der Waals surface area contributed by atoms with Gasteiger partial charge < -0.3 is 9.84 Å². The van der Waals surface area contributed by atoms with Gasteiger partial charge in [-0.15, -0.1) is 0 Å². The Hall–Kier alpha value is -1.69. The third kappa shape index (κ3) is 3.99. The highest BCUT2D eigenvalue weighted by Crippen LogP contribution is 2.38. The minimum atomic E-state index is -0.952. The molecule has 1 aliphatic rings. The van der Waals surface area contributed by atoms with Crippen molar-refractivity contribution in [1.82, 2.24) is 4.90 Å². The molecule has 1 aromatic carbocycles. The molecule has 1 fully saturated rings. The van der Waals surface area contributed by atoms with Crippen LogP contribution in [0.15, 0.2) is 18.2 Å². The fraction of sp³-hybridized carbons (Fsp3) is 0.588. The second kappa shape index (κ2) is 6.43. The van der Waals surface area contributed by atoms with Crippen LogP contribution >= 0.6 is 0 Å². The number of rotatable bonds is 2. The van der Waals surface area contributed by atoms with Gasteiger partial charge in [-0.05, 0) is 58.2 Å². The van der Waals surface area contributed by atoms with Crippen molar-refractivity contribution in [1.29, 1.82) is 0 Å². The highest BCUT2D eigenvalue weighted by atomic mass is 19.2. The zero-order chi connectivity index (χ0) is 17.4. The van der Waals surface area contributed by atoms with Crippen LogP contribution in [0.5, 0.6) is 0 Å². The molecule has 128 valence electrons. The molecule has 1 N–H and O–H groups in total. The topological polar surface area (TPSA) is 49.8 Å². The van der Waals surface area contributed by atoms with E-state index >= 15 is 0 Å². The van der Waals surface area contributed by atoms with E-state index in [0.717, 1.165) is 12.1 Å². The molecule has 3 unspecified atom stereocenters. The van der Waals surface area contributed by atoms with Gasteiger partial charge in [0.15, 0.2) is 11.6 Å². The first-order chi connectivity index (χ1) is 10.6. The molecule has 23 heavy (non-hydrogen) atoms. The van der Waals surface area contributed by atoms with Gasteiger partial charge in [0.1, 0.15) is 5.60 Å². The minimum Gasteiger partial charge on any atom is -0.444 e. The highest BCUT2D eigenvalue weighted by Gasteiger charge is 2.42. The van der Waals surface area contributed by atoms with Crippen molar-refractivity contribution in [3.05, 3.63) is 35.4 Å². The molecule has 4 nitrogen and oxygen atoms in total. The lowest BCUT2D eigenvalue weighted by Gasteiger charge is -2.34. The van der Waals surface area contributed by atoms with Crippen molar-refractivity contribution < 1.29 is 23.4 Å². The average molecular weight is 327 g/mol. The Balaban J connectivity index is 2.33. The maximum atomic E-state index is 13.5. The third-order valence-corrected chi connectivity index (χ3v) is 3.92. The van der Waals surface area contributed by atoms with Crippen molar-refractivity contribution in [3.8, 4) is 0 Å². The van der Waals surface area contributed by atoms with Gasteiger partial charge in [0.05, 0.1) is 18.2 Å². The van der Waals surface area contributed by atoms with Crippen LogP contribution in [-0.2, 0) is 4.74 Å². The number of likely N-dealkylation sites (tertiary alicyclic amines) is 1. The van der Waals surface area contributed by atoms with Crippen molar-refractivity contribution in [2.24, 2.45) is 0 Å². The van der Waals surface area contributed by atoms with Crippen LogP contribution in [0, 0.1) is 11.6 Å². The maximum absolute atomic E-state index is 13.5. The average Bonchev–Trinajstić information content (AvgIpc) is 2.85. The van der Waals surface area contributed by atoms with Crippen molar-refractivity contribution >= 4 is 6.09 Å². The van der Waals surface area contributed by atoms with Gasteiger partial charge in [0, 0.05) is 0 Å². The molecule has 0 aliphatic carbocycles. The first-order valence-electron chi connectivity index (χ1n) is 7.74. The second-order valence-corrected chi connectivity index (χ2v) is 6.96. The van der Waals surface area contributed by atoms with Gasteiger partial charge in [0.25, 0.3) is 0 Å². The lowest BCUT2D eigenvalue weighted by atomic mass is 10.0. The molecule has 0 bridgehead atoms. The largest absolute Gasteiger partial charge is 0.444 e. The van der Waals surface area contributed by atoms with Gasteiger partial charge >= 0.3 is 6.09 Å². The number of carbonyl (C=O) groups is 1. The van der Waals surface area contributed by atoms with E-state index in [0.29, 0.717) is 18.4 Å². The number of aliphatic hydroxyl groups excluding tert-OH is 1. The molecule has 0 aromatic heterocycles. The molecule has 0 radical (unpaired) electrons. The first-order valence-corrected chi connectivity index (χ1v) is 7.74. The van der Waals surface area contributed by atoms with E-state index in [1.54, 1.807) is 27.7 Å². The monoisotopic (exact) mass is 327 g/mol. The Labute approximate surface area is 135 Å². The number of nitrogens with zero attached hydrogens (tertiary/aromatic N) is 1. The molecule has 0 saturated carbocycles. The number of benzene rings is 1. The number of carbonyl (C=O) groups excluding carboxylic acids is 1. The van der Waals surface area contributed by atoms with Gasteiger partial charge in [-0.25, -0.2) is 13.6 Å². The summed E-state index contributed by atoms with van der Waals surface area (Å²) >= 11 is 0. The van der Waals surface area contributed by atoms with Crippen molar-refractivity contribution in [2.45, 2.75) is 64.3 Å². The van der Waals surface area contributed by atoms with Crippen LogP contribution in [0.4, 0.5) is 13.6 Å². The molecule has 1 saturated heterocycles. The van der Waals surface area contributed by atoms with E-state index in [9.17, 15) is 18.7 Å². The van der Waals surface area contributed by atoms with E-state index in [1.165, 1.54) is 11.0 Å². The Morgan fingerprint density at radius 1 is 1.30 bits per heavy atom. The van der Waals surface area contributed by atoms with Gasteiger partial charge in [-0.2, -0.15) is 0 Å². The number of hydrogen-bond acceptors (Lipinski definition) is 3. The first kappa shape index (κ1) is 17.7. The zero-order valence-corrected chi connectivity index (χ0v) is 13.8. The maximum Gasteiger partial charge on any atom is 0.411 e. The minimum absolute atomic E-state index is 0.414. The molecule has 1 heterocycles. The summed E-state index contributed by atoms with van der Waals surface area (Å²) in [5.41, 5.74) is -0.181. The Bertz CT molecular complexity index is 584. The van der Waals surface area contributed by atoms with E-state index in [1.807, 2.05) is 0 Å². The molecule has 1 amide bonds. The lowest BCUT2D eigenvalue weighted by Crippen LogP contribution is -2.45. The number of amides is 1. The van der Waals surface area contributed by atoms with Gasteiger partial charge in [-0.1, -0.05) is 6.07 Å². The fourth-order valence-corrected chi connectivity index (χ4v) is 2.94. The zero-order valence-electron chi connectivity index (χ0n) is 13.8. The SMILES string of the molecule is CC(O)C1CCC(c2ccc(F)c(F)c2)N1C(=O)OC(C)(C)C. The standard InChI is InChI=1S/C17H23F2NO3/c1-10(21)14-7-8-15(11-5-6-12(18)13(19)9-11)20(14)16(22)23-17(2,3)4/h5-6,9-10,14-15,21H,7-8H2,1-4H3. The Morgan fingerprint density at radius 3 is 2.48 bits per heavy atom. The van der Waals surface area contributed by atoms with Crippen LogP contribution < -0.4 is 0 Å². The summed E-state index contributed by atoms with van der Waals surface area (Å²) in [6, 6.07) is 2.75. The quantitative estimate of drug-likeness (QED) is 0.899. The molecule has 3 atom stereocenters. The van der Waals surface area contributed by atoms with Crippen molar-refractivity contribution in [3.63, 3.8) is 0 Å². The summed E-state index contributed by atoms with van der Waals surface area (Å²) in [5, 5.41) is 9.95. The van der Waals surface area contributed by atoms with Crippen LogP contribution in [0.3, 0.4) is 0 Å². The normalized spacial score (nSPS) is 23.0. The molecular formula is C17H23F2NO3. The molecule has 1 aromatic rings.